The van der Waals surface area contributed by atoms with E-state index in [0.29, 0.717) is 23.9 Å². The fraction of sp³-hybridized carbons (Fsp3) is 0.556. The van der Waals surface area contributed by atoms with Gasteiger partial charge in [-0.3, -0.25) is 4.90 Å². The summed E-state index contributed by atoms with van der Waals surface area (Å²) in [5.41, 5.74) is 0.974. The Morgan fingerprint density at radius 3 is 2.68 bits per heavy atom. The summed E-state index contributed by atoms with van der Waals surface area (Å²) >= 11 is 5.58. The molecule has 0 amide bonds. The molecule has 1 fully saturated rings. The topological polar surface area (TPSA) is 81.4 Å². The van der Waals surface area contributed by atoms with Crippen LogP contribution in [0.4, 0.5) is 0 Å². The zero-order valence-corrected chi connectivity index (χ0v) is 18.1. The van der Waals surface area contributed by atoms with Crippen LogP contribution >= 0.6 is 12.2 Å². The van der Waals surface area contributed by atoms with Crippen LogP contribution in [0.5, 0.6) is 5.75 Å². The summed E-state index contributed by atoms with van der Waals surface area (Å²) < 4.78 is 34.9. The fourth-order valence-electron chi connectivity index (χ4n) is 3.48. The van der Waals surface area contributed by atoms with Gasteiger partial charge in [0.15, 0.2) is 10.6 Å². The van der Waals surface area contributed by atoms with Crippen molar-refractivity contribution in [1.82, 2.24) is 24.0 Å². The van der Waals surface area contributed by atoms with Crippen molar-refractivity contribution in [2.45, 2.75) is 19.5 Å². The third-order valence-corrected chi connectivity index (χ3v) is 6.14. The van der Waals surface area contributed by atoms with E-state index in [1.54, 1.807) is 7.11 Å². The zero-order chi connectivity index (χ0) is 20.3. The lowest BCUT2D eigenvalue weighted by molar-refractivity contribution is 0.132. The van der Waals surface area contributed by atoms with Crippen molar-refractivity contribution in [2.75, 3.05) is 33.0 Å². The van der Waals surface area contributed by atoms with Gasteiger partial charge in [-0.05, 0) is 61.8 Å². The molecule has 0 aliphatic carbocycles. The Balaban J connectivity index is 1.71. The number of aromatic nitrogens is 3. The molecule has 1 atom stereocenters. The first-order valence-corrected chi connectivity index (χ1v) is 11.5. The molecule has 154 valence electrons. The van der Waals surface area contributed by atoms with Crippen molar-refractivity contribution < 1.29 is 13.2 Å². The van der Waals surface area contributed by atoms with Crippen molar-refractivity contribution in [2.24, 2.45) is 13.0 Å². The smallest absolute Gasteiger partial charge is 0.208 e. The minimum absolute atomic E-state index is 0.294. The molecule has 1 N–H and O–H groups in total. The van der Waals surface area contributed by atoms with Crippen molar-refractivity contribution in [3.63, 3.8) is 0 Å². The monoisotopic (exact) mass is 425 g/mol. The number of nitrogens with zero attached hydrogens (tertiary/aromatic N) is 4. The molecule has 0 spiro atoms. The Morgan fingerprint density at radius 1 is 1.32 bits per heavy atom. The van der Waals surface area contributed by atoms with E-state index < -0.39 is 10.0 Å². The lowest BCUT2D eigenvalue weighted by atomic mass is 9.99. The number of benzene rings is 1. The Bertz CT molecular complexity index is 966. The molecule has 1 aromatic carbocycles. The minimum Gasteiger partial charge on any atom is -0.497 e. The summed E-state index contributed by atoms with van der Waals surface area (Å²) in [5.74, 6) is 1.90. The number of piperidine rings is 1. The highest BCUT2D eigenvalue weighted by Gasteiger charge is 2.22. The first-order chi connectivity index (χ1) is 13.3. The minimum atomic E-state index is -3.16. The van der Waals surface area contributed by atoms with E-state index in [0.717, 1.165) is 43.1 Å². The zero-order valence-electron chi connectivity index (χ0n) is 16.5. The summed E-state index contributed by atoms with van der Waals surface area (Å²) in [7, 11) is 0.399. The Labute approximate surface area is 171 Å². The van der Waals surface area contributed by atoms with Crippen LogP contribution < -0.4 is 9.46 Å². The highest BCUT2D eigenvalue weighted by atomic mass is 32.2. The van der Waals surface area contributed by atoms with E-state index in [1.165, 1.54) is 6.26 Å². The van der Waals surface area contributed by atoms with Gasteiger partial charge in [-0.1, -0.05) is 0 Å². The average molecular weight is 426 g/mol. The average Bonchev–Trinajstić information content (AvgIpc) is 2.95. The maximum absolute atomic E-state index is 11.3. The molecular formula is C18H27N5O3S2. The molecular weight excluding hydrogens is 398 g/mol. The second-order valence-corrected chi connectivity index (χ2v) is 9.44. The van der Waals surface area contributed by atoms with E-state index in [2.05, 4.69) is 9.62 Å². The molecule has 1 saturated heterocycles. The van der Waals surface area contributed by atoms with Gasteiger partial charge in [-0.25, -0.2) is 17.8 Å². The highest BCUT2D eigenvalue weighted by molar-refractivity contribution is 7.88. The van der Waals surface area contributed by atoms with Gasteiger partial charge in [0, 0.05) is 25.7 Å². The molecule has 28 heavy (non-hydrogen) atoms. The van der Waals surface area contributed by atoms with E-state index in [9.17, 15) is 8.42 Å². The van der Waals surface area contributed by atoms with Crippen LogP contribution in [0.15, 0.2) is 24.3 Å². The second-order valence-electron chi connectivity index (χ2n) is 7.24. The predicted octanol–water partition coefficient (Wildman–Crippen LogP) is 1.85. The number of sulfonamides is 1. The first kappa shape index (κ1) is 21.0. The van der Waals surface area contributed by atoms with Gasteiger partial charge in [-0.2, -0.15) is 5.10 Å². The van der Waals surface area contributed by atoms with Crippen molar-refractivity contribution in [3.8, 4) is 17.1 Å². The van der Waals surface area contributed by atoms with Crippen LogP contribution in [-0.2, 0) is 23.7 Å². The van der Waals surface area contributed by atoms with Gasteiger partial charge in [0.05, 0.1) is 20.0 Å². The van der Waals surface area contributed by atoms with Gasteiger partial charge in [0.1, 0.15) is 5.75 Å². The summed E-state index contributed by atoms with van der Waals surface area (Å²) in [6, 6.07) is 7.74. The largest absolute Gasteiger partial charge is 0.497 e. The summed E-state index contributed by atoms with van der Waals surface area (Å²) in [6.07, 6.45) is 3.24. The quantitative estimate of drug-likeness (QED) is 0.682. The van der Waals surface area contributed by atoms with Gasteiger partial charge >= 0.3 is 0 Å². The Hall–Kier alpha value is -1.75. The molecule has 1 aliphatic rings. The van der Waals surface area contributed by atoms with Crippen LogP contribution in [-0.4, -0.2) is 60.7 Å². The molecule has 8 nitrogen and oxygen atoms in total. The lowest BCUT2D eigenvalue weighted by Gasteiger charge is -2.32. The lowest BCUT2D eigenvalue weighted by Crippen LogP contribution is -2.41. The van der Waals surface area contributed by atoms with Crippen LogP contribution in [0.2, 0.25) is 0 Å². The molecule has 1 unspecified atom stereocenters. The number of hydrogen-bond donors (Lipinski definition) is 1. The Morgan fingerprint density at radius 2 is 2.04 bits per heavy atom. The maximum Gasteiger partial charge on any atom is 0.208 e. The maximum atomic E-state index is 11.3. The third kappa shape index (κ3) is 5.19. The van der Waals surface area contributed by atoms with E-state index in [-0.39, 0.29) is 0 Å². The van der Waals surface area contributed by atoms with Gasteiger partial charge < -0.3 is 9.30 Å². The summed E-state index contributed by atoms with van der Waals surface area (Å²) in [4.78, 5) is 2.28. The standard InChI is InChI=1S/C18H27N5O3S2/c1-21-17(15-6-8-16(26-2)9-7-15)20-23(18(21)27)13-22-10-4-5-14(12-22)11-19-28(3,24)25/h6-9,14,19H,4-5,10-13H2,1-3H3. The van der Waals surface area contributed by atoms with Crippen LogP contribution in [0.25, 0.3) is 11.4 Å². The fourth-order valence-corrected chi connectivity index (χ4v) is 4.20. The van der Waals surface area contributed by atoms with E-state index in [4.69, 9.17) is 22.1 Å². The van der Waals surface area contributed by atoms with E-state index >= 15 is 0 Å². The number of nitrogens with one attached hydrogen (secondary N) is 1. The number of ether oxygens (including phenoxy) is 1. The molecule has 1 aliphatic heterocycles. The SMILES string of the molecule is COc1ccc(-c2nn(CN3CCCC(CNS(C)(=O)=O)C3)c(=S)n2C)cc1. The summed E-state index contributed by atoms with van der Waals surface area (Å²) in [5, 5.41) is 4.72. The molecule has 1 aromatic heterocycles. The summed E-state index contributed by atoms with van der Waals surface area (Å²) in [6.45, 7) is 2.84. The molecule has 3 rings (SSSR count). The third-order valence-electron chi connectivity index (χ3n) is 4.96. The highest BCUT2D eigenvalue weighted by Crippen LogP contribution is 2.22. The van der Waals surface area contributed by atoms with Gasteiger partial charge in [0.25, 0.3) is 0 Å². The van der Waals surface area contributed by atoms with E-state index in [1.807, 2.05) is 40.6 Å². The van der Waals surface area contributed by atoms with Gasteiger partial charge in [-0.15, -0.1) is 0 Å². The molecule has 0 saturated carbocycles. The molecule has 0 bridgehead atoms. The molecule has 2 heterocycles. The normalized spacial score (nSPS) is 18.3. The molecule has 10 heteroatoms. The number of rotatable bonds is 7. The van der Waals surface area contributed by atoms with Crippen molar-refractivity contribution >= 4 is 22.2 Å². The number of likely N-dealkylation sites (tertiary alicyclic amines) is 1. The van der Waals surface area contributed by atoms with Crippen LogP contribution in [0, 0.1) is 10.7 Å². The molecule has 0 radical (unpaired) electrons. The number of methoxy groups -OCH3 is 1. The van der Waals surface area contributed by atoms with Crippen molar-refractivity contribution in [1.29, 1.82) is 0 Å². The first-order valence-electron chi connectivity index (χ1n) is 9.22. The van der Waals surface area contributed by atoms with Crippen LogP contribution in [0.3, 0.4) is 0 Å². The number of hydrogen-bond acceptors (Lipinski definition) is 6. The van der Waals surface area contributed by atoms with Gasteiger partial charge in [0.2, 0.25) is 10.0 Å². The van der Waals surface area contributed by atoms with Crippen molar-refractivity contribution in [3.05, 3.63) is 29.0 Å². The molecule has 2 aromatic rings. The predicted molar refractivity (Wildman–Crippen MR) is 111 cm³/mol. The van der Waals surface area contributed by atoms with Crippen LogP contribution in [0.1, 0.15) is 12.8 Å². The second kappa shape index (κ2) is 8.73. The Kier molecular flexibility index (Phi) is 6.54.